The first-order chi connectivity index (χ1) is 9.72. The molecule has 0 N–H and O–H groups in total. The summed E-state index contributed by atoms with van der Waals surface area (Å²) in [5, 5.41) is 1.08. The number of rotatable bonds is 6. The molecule has 0 spiro atoms. The molecule has 1 saturated heterocycles. The first-order valence-electron chi connectivity index (χ1n) is 7.03. The van der Waals surface area contributed by atoms with Gasteiger partial charge in [0.25, 0.3) is 0 Å². The second-order valence-corrected chi connectivity index (χ2v) is 7.02. The number of unbranched alkanes of at least 4 members (excludes halogenated alkanes) is 2. The van der Waals surface area contributed by atoms with Crippen LogP contribution >= 0.6 is 34.4 Å². The molecule has 0 atom stereocenters. The van der Waals surface area contributed by atoms with Crippen LogP contribution in [0, 0.1) is 0 Å². The third kappa shape index (κ3) is 4.25. The molecule has 0 bridgehead atoms. The minimum absolute atomic E-state index is 0.123. The van der Waals surface area contributed by atoms with E-state index in [-0.39, 0.29) is 5.78 Å². The van der Waals surface area contributed by atoms with E-state index in [9.17, 15) is 4.79 Å². The van der Waals surface area contributed by atoms with Crippen molar-refractivity contribution in [3.05, 3.63) is 46.0 Å². The zero-order valence-corrected chi connectivity index (χ0v) is 14.7. The lowest BCUT2D eigenvalue weighted by Gasteiger charge is -2.20. The second-order valence-electron chi connectivity index (χ2n) is 4.88. The normalized spacial score (nSPS) is 19.7. The number of carbonyl (C=O) groups excluding carboxylic acids is 1. The van der Waals surface area contributed by atoms with Crippen LogP contribution in [0.1, 0.15) is 32.6 Å². The lowest BCUT2D eigenvalue weighted by atomic mass is 10.2. The fourth-order valence-electron chi connectivity index (χ4n) is 2.27. The van der Waals surface area contributed by atoms with Crippen molar-refractivity contribution in [1.29, 1.82) is 0 Å². The molecule has 108 valence electrons. The average molecular weight is 401 g/mol. The molecule has 1 heterocycles. The molecule has 0 radical (unpaired) electrons. The highest BCUT2D eigenvalue weighted by Gasteiger charge is 2.27. The van der Waals surface area contributed by atoms with Crippen molar-refractivity contribution >= 4 is 40.1 Å². The van der Waals surface area contributed by atoms with Crippen LogP contribution in [0.4, 0.5) is 0 Å². The summed E-state index contributed by atoms with van der Waals surface area (Å²) in [6.07, 6.45) is 15.1. The summed E-state index contributed by atoms with van der Waals surface area (Å²) in [5.74, 6) is 0.123. The van der Waals surface area contributed by atoms with Crippen LogP contribution in [0.3, 0.4) is 0 Å². The zero-order valence-electron chi connectivity index (χ0n) is 11.8. The predicted molar refractivity (Wildman–Crippen MR) is 95.7 cm³/mol. The van der Waals surface area contributed by atoms with Crippen molar-refractivity contribution in [3.63, 3.8) is 0 Å². The Balaban J connectivity index is 2.14. The Morgan fingerprint density at radius 3 is 3.05 bits per heavy atom. The smallest absolute Gasteiger partial charge is 0.155 e. The number of thioether (sulfide) groups is 1. The predicted octanol–water partition coefficient (Wildman–Crippen LogP) is 4.80. The van der Waals surface area contributed by atoms with Gasteiger partial charge in [-0.05, 0) is 36.7 Å². The van der Waals surface area contributed by atoms with Gasteiger partial charge in [0.2, 0.25) is 0 Å². The molecule has 1 fully saturated rings. The van der Waals surface area contributed by atoms with E-state index < -0.39 is 0 Å². The Labute approximate surface area is 139 Å². The number of halogens is 1. The number of carbonyl (C=O) groups is 1. The fraction of sp³-hybridized carbons (Fsp3) is 0.438. The summed E-state index contributed by atoms with van der Waals surface area (Å²) in [5.41, 5.74) is 1.28. The van der Waals surface area contributed by atoms with Crippen molar-refractivity contribution in [2.24, 2.45) is 0 Å². The van der Waals surface area contributed by atoms with Gasteiger partial charge in [-0.1, -0.05) is 59.0 Å². The van der Waals surface area contributed by atoms with E-state index in [4.69, 9.17) is 0 Å². The first-order valence-corrected chi connectivity index (χ1v) is 9.37. The van der Waals surface area contributed by atoms with E-state index in [0.29, 0.717) is 0 Å². The van der Waals surface area contributed by atoms with Gasteiger partial charge in [-0.2, -0.15) is 0 Å². The number of hydrogen-bond donors (Lipinski definition) is 0. The maximum absolute atomic E-state index is 11.4. The quantitative estimate of drug-likeness (QED) is 0.276. The molecular weight excluding hydrogens is 381 g/mol. The molecule has 2 nitrogen and oxygen atoms in total. The lowest BCUT2D eigenvalue weighted by Crippen LogP contribution is -2.18. The molecule has 4 heteroatoms. The molecule has 0 aromatic rings. The molecule has 1 aliphatic carbocycles. The highest BCUT2D eigenvalue weighted by molar-refractivity contribution is 14.1. The van der Waals surface area contributed by atoms with E-state index in [1.807, 2.05) is 0 Å². The Morgan fingerprint density at radius 1 is 1.45 bits per heavy atom. The molecule has 0 saturated carbocycles. The van der Waals surface area contributed by atoms with Crippen molar-refractivity contribution in [2.45, 2.75) is 32.6 Å². The monoisotopic (exact) mass is 401 g/mol. The summed E-state index contributed by atoms with van der Waals surface area (Å²) in [6, 6.07) is 0. The summed E-state index contributed by atoms with van der Waals surface area (Å²) in [4.78, 5) is 15.0. The van der Waals surface area contributed by atoms with Gasteiger partial charge >= 0.3 is 0 Å². The minimum Gasteiger partial charge on any atom is -0.335 e. The van der Waals surface area contributed by atoms with Gasteiger partial charge < -0.3 is 4.90 Å². The number of hydrogen-bond acceptors (Lipinski definition) is 3. The molecule has 0 aromatic heterocycles. The van der Waals surface area contributed by atoms with Crippen LogP contribution in [0.2, 0.25) is 0 Å². The number of alkyl halides is 1. The van der Waals surface area contributed by atoms with Crippen molar-refractivity contribution in [2.75, 3.05) is 11.0 Å². The molecule has 0 amide bonds. The van der Waals surface area contributed by atoms with Gasteiger partial charge in [0, 0.05) is 17.5 Å². The van der Waals surface area contributed by atoms with Gasteiger partial charge in [0.15, 0.2) is 5.78 Å². The number of ketones is 1. The molecule has 1 aliphatic heterocycles. The zero-order chi connectivity index (χ0) is 14.4. The molecule has 2 aliphatic rings. The number of nitrogens with zero attached hydrogens (tertiary/aromatic N) is 1. The van der Waals surface area contributed by atoms with Gasteiger partial charge in [0.1, 0.15) is 0 Å². The van der Waals surface area contributed by atoms with E-state index in [2.05, 4.69) is 51.8 Å². The van der Waals surface area contributed by atoms with Gasteiger partial charge in [0.05, 0.1) is 10.7 Å². The van der Waals surface area contributed by atoms with Crippen LogP contribution in [0.15, 0.2) is 46.0 Å². The summed E-state index contributed by atoms with van der Waals surface area (Å²) in [7, 11) is 0. The maximum atomic E-state index is 11.4. The van der Waals surface area contributed by atoms with E-state index in [1.54, 1.807) is 24.8 Å². The van der Waals surface area contributed by atoms with Crippen molar-refractivity contribution in [3.8, 4) is 0 Å². The van der Waals surface area contributed by atoms with Crippen LogP contribution in [0.5, 0.6) is 0 Å². The van der Waals surface area contributed by atoms with Crippen LogP contribution in [-0.4, -0.2) is 21.7 Å². The Hall–Kier alpha value is -0.490. The van der Waals surface area contributed by atoms with Gasteiger partial charge in [-0.3, -0.25) is 4.79 Å². The summed E-state index contributed by atoms with van der Waals surface area (Å²) in [6.45, 7) is 2.63. The lowest BCUT2D eigenvalue weighted by molar-refractivity contribution is -0.112. The summed E-state index contributed by atoms with van der Waals surface area (Å²) >= 11 is 4.14. The molecular formula is C16H20INOS. The van der Waals surface area contributed by atoms with Crippen molar-refractivity contribution < 1.29 is 4.79 Å². The Morgan fingerprint density at radius 2 is 2.30 bits per heavy atom. The SMILES string of the molecule is CC(=O)/C=C1\SC2=CC=CCC=C2N1CCCCCI. The number of allylic oxidation sites excluding steroid dienone is 5. The van der Waals surface area contributed by atoms with Crippen LogP contribution in [0.25, 0.3) is 0 Å². The van der Waals surface area contributed by atoms with Crippen molar-refractivity contribution in [1.82, 2.24) is 4.90 Å². The van der Waals surface area contributed by atoms with E-state index >= 15 is 0 Å². The largest absolute Gasteiger partial charge is 0.335 e. The van der Waals surface area contributed by atoms with E-state index in [1.165, 1.54) is 34.3 Å². The minimum atomic E-state index is 0.123. The highest BCUT2D eigenvalue weighted by Crippen LogP contribution is 2.45. The standard InChI is InChI=1S/C16H20INOS/c1-13(19)12-16-18(11-7-3-6-10-17)14-8-4-2-5-9-15(14)20-16/h2,5,8-9,12H,3-4,6-7,10-11H2,1H3/b16-12-. The van der Waals surface area contributed by atoms with Crippen LogP contribution in [-0.2, 0) is 4.79 Å². The average Bonchev–Trinajstić information content (AvgIpc) is 2.59. The van der Waals surface area contributed by atoms with E-state index in [0.717, 1.165) is 18.0 Å². The molecule has 0 unspecified atom stereocenters. The first kappa shape index (κ1) is 15.9. The molecule has 0 aromatic carbocycles. The van der Waals surface area contributed by atoms with Gasteiger partial charge in [-0.25, -0.2) is 0 Å². The third-order valence-corrected chi connectivity index (χ3v) is 5.07. The summed E-state index contributed by atoms with van der Waals surface area (Å²) < 4.78 is 1.22. The molecule has 2 rings (SSSR count). The van der Waals surface area contributed by atoms with Gasteiger partial charge in [-0.15, -0.1) is 0 Å². The second kappa shape index (κ2) is 8.08. The maximum Gasteiger partial charge on any atom is 0.155 e. The third-order valence-electron chi connectivity index (χ3n) is 3.20. The fourth-order valence-corrected chi connectivity index (χ4v) is 4.00. The molecule has 20 heavy (non-hydrogen) atoms. The van der Waals surface area contributed by atoms with Crippen LogP contribution < -0.4 is 0 Å². The Bertz CT molecular complexity index is 491. The Kier molecular flexibility index (Phi) is 6.42. The number of fused-ring (bicyclic) bond motifs is 1. The topological polar surface area (TPSA) is 20.3 Å². The highest BCUT2D eigenvalue weighted by atomic mass is 127.